The number of nitrogens with one attached hydrogen (secondary N) is 2. The molecule has 1 aliphatic rings. The molecule has 1 aromatic heterocycles. The summed E-state index contributed by atoms with van der Waals surface area (Å²) in [7, 11) is -3.91. The van der Waals surface area contributed by atoms with Gasteiger partial charge >= 0.3 is 5.97 Å². The minimum absolute atomic E-state index is 0.0680. The van der Waals surface area contributed by atoms with Gasteiger partial charge in [0.1, 0.15) is 12.6 Å². The number of ether oxygens (including phenoxy) is 1. The molecular formula is C36H35N3O5S. The summed E-state index contributed by atoms with van der Waals surface area (Å²) in [6, 6.07) is 29.7. The molecule has 0 spiro atoms. The van der Waals surface area contributed by atoms with Crippen LogP contribution in [0.1, 0.15) is 40.3 Å². The van der Waals surface area contributed by atoms with E-state index in [-0.39, 0.29) is 30.9 Å². The molecule has 0 aliphatic carbocycles. The van der Waals surface area contributed by atoms with E-state index in [0.29, 0.717) is 6.42 Å². The number of aromatic nitrogens is 1. The molecule has 0 fully saturated rings. The van der Waals surface area contributed by atoms with Gasteiger partial charge in [-0.1, -0.05) is 90.5 Å². The number of sulfonamides is 1. The zero-order chi connectivity index (χ0) is 31.4. The van der Waals surface area contributed by atoms with Crippen molar-refractivity contribution in [2.45, 2.75) is 49.8 Å². The molecule has 2 N–H and O–H groups in total. The zero-order valence-electron chi connectivity index (χ0n) is 25.0. The summed E-state index contributed by atoms with van der Waals surface area (Å²) >= 11 is 0. The molecule has 0 saturated carbocycles. The number of para-hydroxylation sites is 1. The van der Waals surface area contributed by atoms with E-state index in [4.69, 9.17) is 4.74 Å². The number of esters is 1. The first kappa shape index (κ1) is 30.3. The number of fused-ring (bicyclic) bond motifs is 2. The van der Waals surface area contributed by atoms with Crippen LogP contribution in [0.25, 0.3) is 10.9 Å². The highest BCUT2D eigenvalue weighted by atomic mass is 32.2. The molecule has 1 unspecified atom stereocenters. The van der Waals surface area contributed by atoms with E-state index in [1.807, 2.05) is 92.0 Å². The van der Waals surface area contributed by atoms with Crippen molar-refractivity contribution < 1.29 is 22.7 Å². The lowest BCUT2D eigenvalue weighted by atomic mass is 9.92. The highest BCUT2D eigenvalue weighted by Gasteiger charge is 2.38. The maximum Gasteiger partial charge on any atom is 0.329 e. The van der Waals surface area contributed by atoms with Crippen LogP contribution in [-0.2, 0) is 43.8 Å². The first-order valence-corrected chi connectivity index (χ1v) is 16.4. The first-order chi connectivity index (χ1) is 21.8. The number of carbonyl (C=O) groups is 2. The fourth-order valence-electron chi connectivity index (χ4n) is 5.95. The lowest BCUT2D eigenvalue weighted by molar-refractivity contribution is -0.149. The van der Waals surface area contributed by atoms with E-state index >= 15 is 0 Å². The molecule has 2 heterocycles. The first-order valence-electron chi connectivity index (χ1n) is 15.0. The van der Waals surface area contributed by atoms with Gasteiger partial charge in [0, 0.05) is 36.5 Å². The topological polar surface area (TPSA) is 109 Å². The van der Waals surface area contributed by atoms with Crippen LogP contribution < -0.4 is 5.32 Å². The highest BCUT2D eigenvalue weighted by Crippen LogP contribution is 2.36. The summed E-state index contributed by atoms with van der Waals surface area (Å²) < 4.78 is 34.9. The number of nitrogens with zero attached hydrogens (tertiary/aromatic N) is 1. The summed E-state index contributed by atoms with van der Waals surface area (Å²) in [5.74, 6) is -1.01. The molecule has 9 heteroatoms. The monoisotopic (exact) mass is 621 g/mol. The van der Waals surface area contributed by atoms with E-state index in [2.05, 4.69) is 10.3 Å². The number of hydrogen-bond acceptors (Lipinski definition) is 5. The molecule has 2 atom stereocenters. The molecule has 1 aliphatic heterocycles. The standard InChI is InChI=1S/C36H35N3O5S/c1-25-15-17-29(18-16-25)45(42,43)39-20-19-27-11-5-6-13-31(27)34(39)22-35(40)38-33(36(41)44-24-26-9-3-2-4-10-26)21-28-23-37-32-14-8-7-12-30(28)32/h2-18,23,33-34,37H,19-22,24H2,1H3,(H,38,40)/t33-,34?/m1/s1. The van der Waals surface area contributed by atoms with Crippen LogP contribution in [0.4, 0.5) is 0 Å². The minimum Gasteiger partial charge on any atom is -0.459 e. The van der Waals surface area contributed by atoms with Gasteiger partial charge in [0.05, 0.1) is 10.9 Å². The van der Waals surface area contributed by atoms with Gasteiger partial charge in [0.2, 0.25) is 15.9 Å². The third-order valence-corrected chi connectivity index (χ3v) is 10.2. The van der Waals surface area contributed by atoms with Crippen molar-refractivity contribution in [1.29, 1.82) is 0 Å². The molecule has 230 valence electrons. The Labute approximate surface area is 263 Å². The second-order valence-corrected chi connectivity index (χ2v) is 13.3. The number of aryl methyl sites for hydroxylation is 1. The fraction of sp³-hybridized carbons (Fsp3) is 0.222. The average Bonchev–Trinajstić information content (AvgIpc) is 3.46. The Balaban J connectivity index is 1.27. The molecule has 4 aromatic carbocycles. The zero-order valence-corrected chi connectivity index (χ0v) is 25.8. The van der Waals surface area contributed by atoms with Crippen LogP contribution in [0.3, 0.4) is 0 Å². The van der Waals surface area contributed by atoms with E-state index in [1.165, 1.54) is 4.31 Å². The molecule has 8 nitrogen and oxygen atoms in total. The molecule has 45 heavy (non-hydrogen) atoms. The third kappa shape index (κ3) is 6.69. The van der Waals surface area contributed by atoms with Crippen molar-refractivity contribution in [1.82, 2.24) is 14.6 Å². The number of benzene rings is 4. The van der Waals surface area contributed by atoms with Crippen LogP contribution in [-0.4, -0.2) is 42.2 Å². The number of carbonyl (C=O) groups excluding carboxylic acids is 2. The van der Waals surface area contributed by atoms with E-state index in [0.717, 1.165) is 38.7 Å². The van der Waals surface area contributed by atoms with Crippen molar-refractivity contribution in [2.75, 3.05) is 6.54 Å². The van der Waals surface area contributed by atoms with Gasteiger partial charge in [0.15, 0.2) is 0 Å². The number of H-pyrrole nitrogens is 1. The number of hydrogen-bond donors (Lipinski definition) is 2. The Hall–Kier alpha value is -4.73. The van der Waals surface area contributed by atoms with Crippen molar-refractivity contribution >= 4 is 32.8 Å². The lowest BCUT2D eigenvalue weighted by Gasteiger charge is -2.36. The van der Waals surface area contributed by atoms with Gasteiger partial charge in [-0.15, -0.1) is 0 Å². The number of rotatable bonds is 10. The Morgan fingerprint density at radius 2 is 1.64 bits per heavy atom. The van der Waals surface area contributed by atoms with Crippen molar-refractivity contribution in [3.05, 3.63) is 137 Å². The third-order valence-electron chi connectivity index (χ3n) is 8.31. The van der Waals surface area contributed by atoms with Crippen molar-refractivity contribution in [3.8, 4) is 0 Å². The predicted octanol–water partition coefficient (Wildman–Crippen LogP) is 5.63. The number of aromatic amines is 1. The lowest BCUT2D eigenvalue weighted by Crippen LogP contribution is -2.46. The molecule has 0 bridgehead atoms. The van der Waals surface area contributed by atoms with Gasteiger partial charge in [-0.05, 0) is 53.8 Å². The quantitative estimate of drug-likeness (QED) is 0.197. The van der Waals surface area contributed by atoms with Crippen LogP contribution in [0.2, 0.25) is 0 Å². The number of amides is 1. The molecular weight excluding hydrogens is 586 g/mol. The highest BCUT2D eigenvalue weighted by molar-refractivity contribution is 7.89. The summed E-state index contributed by atoms with van der Waals surface area (Å²) in [5.41, 5.74) is 5.36. The Morgan fingerprint density at radius 3 is 2.44 bits per heavy atom. The predicted molar refractivity (Wildman–Crippen MR) is 173 cm³/mol. The molecule has 0 saturated heterocycles. The minimum atomic E-state index is -3.91. The maximum absolute atomic E-state index is 13.9. The normalized spacial score (nSPS) is 15.7. The summed E-state index contributed by atoms with van der Waals surface area (Å²) in [4.78, 5) is 30.7. The van der Waals surface area contributed by atoms with Crippen LogP contribution in [0, 0.1) is 6.92 Å². The van der Waals surface area contributed by atoms with Gasteiger partial charge in [0.25, 0.3) is 0 Å². The molecule has 5 aromatic rings. The fourth-order valence-corrected chi connectivity index (χ4v) is 7.55. The van der Waals surface area contributed by atoms with Gasteiger partial charge in [-0.2, -0.15) is 4.31 Å². The van der Waals surface area contributed by atoms with Crippen LogP contribution in [0.15, 0.2) is 114 Å². The molecule has 0 radical (unpaired) electrons. The second kappa shape index (κ2) is 13.1. The van der Waals surface area contributed by atoms with Crippen LogP contribution in [0.5, 0.6) is 0 Å². The van der Waals surface area contributed by atoms with Gasteiger partial charge < -0.3 is 15.0 Å². The Kier molecular flexibility index (Phi) is 8.82. The largest absolute Gasteiger partial charge is 0.459 e. The smallest absolute Gasteiger partial charge is 0.329 e. The van der Waals surface area contributed by atoms with E-state index < -0.39 is 34.0 Å². The summed E-state index contributed by atoms with van der Waals surface area (Å²) in [6.07, 6.45) is 2.42. The average molecular weight is 622 g/mol. The summed E-state index contributed by atoms with van der Waals surface area (Å²) in [5, 5.41) is 3.85. The van der Waals surface area contributed by atoms with Crippen molar-refractivity contribution in [3.63, 3.8) is 0 Å². The Bertz CT molecular complexity index is 1920. The van der Waals surface area contributed by atoms with Crippen LogP contribution >= 0.6 is 0 Å². The van der Waals surface area contributed by atoms with Crippen molar-refractivity contribution in [2.24, 2.45) is 0 Å². The maximum atomic E-state index is 13.9. The second-order valence-electron chi connectivity index (χ2n) is 11.4. The van der Waals surface area contributed by atoms with Gasteiger partial charge in [-0.3, -0.25) is 4.79 Å². The molecule has 6 rings (SSSR count). The SMILES string of the molecule is Cc1ccc(S(=O)(=O)N2CCc3ccccc3C2CC(=O)N[C@H](Cc2c[nH]c3ccccc23)C(=O)OCc2ccccc2)cc1. The Morgan fingerprint density at radius 1 is 0.933 bits per heavy atom. The van der Waals surface area contributed by atoms with E-state index in [1.54, 1.807) is 24.3 Å². The van der Waals surface area contributed by atoms with Gasteiger partial charge in [-0.25, -0.2) is 13.2 Å². The molecule has 1 amide bonds. The summed E-state index contributed by atoms with van der Waals surface area (Å²) in [6.45, 7) is 2.21. The van der Waals surface area contributed by atoms with E-state index in [9.17, 15) is 18.0 Å².